The van der Waals surface area contributed by atoms with Gasteiger partial charge in [-0.05, 0) is 48.2 Å². The predicted molar refractivity (Wildman–Crippen MR) is 84.8 cm³/mol. The highest BCUT2D eigenvalue weighted by Gasteiger charge is 2.20. The molecule has 2 nitrogen and oxygen atoms in total. The zero-order valence-electron chi connectivity index (χ0n) is 12.0. The van der Waals surface area contributed by atoms with Crippen molar-refractivity contribution in [1.29, 1.82) is 0 Å². The molecule has 0 aromatic heterocycles. The van der Waals surface area contributed by atoms with E-state index >= 15 is 0 Å². The van der Waals surface area contributed by atoms with Gasteiger partial charge in [0.05, 0.1) is 6.04 Å². The Labute approximate surface area is 132 Å². The maximum absolute atomic E-state index is 14.1. The standard InChI is InChI=1S/C17H15F2NOS/c1-3-16(21)20-17(11-5-4-6-13(9-11)22-2)14-10-12(18)7-8-15(14)19/h3-10,17H,1H2,2H3,(H,20,21). The van der Waals surface area contributed by atoms with Gasteiger partial charge in [-0.3, -0.25) is 4.79 Å². The number of hydrogen-bond donors (Lipinski definition) is 1. The summed E-state index contributed by atoms with van der Waals surface area (Å²) < 4.78 is 27.6. The molecule has 0 saturated heterocycles. The van der Waals surface area contributed by atoms with Gasteiger partial charge in [0.2, 0.25) is 5.91 Å². The molecule has 0 aliphatic heterocycles. The Morgan fingerprint density at radius 2 is 2.05 bits per heavy atom. The van der Waals surface area contributed by atoms with Crippen LogP contribution in [0.15, 0.2) is 60.0 Å². The lowest BCUT2D eigenvalue weighted by Gasteiger charge is -2.20. The van der Waals surface area contributed by atoms with Gasteiger partial charge in [0.15, 0.2) is 0 Å². The van der Waals surface area contributed by atoms with E-state index in [0.717, 1.165) is 29.2 Å². The van der Waals surface area contributed by atoms with Gasteiger partial charge >= 0.3 is 0 Å². The largest absolute Gasteiger partial charge is 0.342 e. The molecule has 2 aromatic rings. The van der Waals surface area contributed by atoms with Crippen LogP contribution in [0.2, 0.25) is 0 Å². The van der Waals surface area contributed by atoms with E-state index in [1.54, 1.807) is 6.07 Å². The second-order valence-corrected chi connectivity index (χ2v) is 5.47. The highest BCUT2D eigenvalue weighted by molar-refractivity contribution is 7.98. The van der Waals surface area contributed by atoms with Gasteiger partial charge in [-0.1, -0.05) is 18.7 Å². The summed E-state index contributed by atoms with van der Waals surface area (Å²) in [6.45, 7) is 3.39. The summed E-state index contributed by atoms with van der Waals surface area (Å²) in [6, 6.07) is 9.72. The Balaban J connectivity index is 2.52. The first-order valence-electron chi connectivity index (χ1n) is 6.57. The molecule has 114 valence electrons. The average Bonchev–Trinajstić information content (AvgIpc) is 2.54. The van der Waals surface area contributed by atoms with E-state index in [0.29, 0.717) is 5.56 Å². The minimum atomic E-state index is -0.784. The maximum Gasteiger partial charge on any atom is 0.244 e. The molecule has 0 bridgehead atoms. The first kappa shape index (κ1) is 16.2. The first-order chi connectivity index (χ1) is 10.5. The Hall–Kier alpha value is -2.14. The number of carbonyl (C=O) groups is 1. The topological polar surface area (TPSA) is 29.1 Å². The fourth-order valence-corrected chi connectivity index (χ4v) is 2.57. The van der Waals surface area contributed by atoms with Crippen molar-refractivity contribution in [2.45, 2.75) is 10.9 Å². The van der Waals surface area contributed by atoms with Crippen molar-refractivity contribution in [3.63, 3.8) is 0 Å². The van der Waals surface area contributed by atoms with Gasteiger partial charge in [-0.25, -0.2) is 8.78 Å². The number of hydrogen-bond acceptors (Lipinski definition) is 2. The molecule has 0 fully saturated rings. The third-order valence-corrected chi connectivity index (χ3v) is 3.89. The molecule has 0 heterocycles. The number of amides is 1. The van der Waals surface area contributed by atoms with Crippen LogP contribution in [-0.4, -0.2) is 12.2 Å². The SMILES string of the molecule is C=CC(=O)NC(c1cccc(SC)c1)c1cc(F)ccc1F. The van der Waals surface area contributed by atoms with Gasteiger partial charge in [0, 0.05) is 10.5 Å². The summed E-state index contributed by atoms with van der Waals surface area (Å²) in [6.07, 6.45) is 3.02. The molecule has 0 aliphatic carbocycles. The minimum Gasteiger partial charge on any atom is -0.342 e. The Morgan fingerprint density at radius 1 is 1.27 bits per heavy atom. The Morgan fingerprint density at radius 3 is 2.73 bits per heavy atom. The smallest absolute Gasteiger partial charge is 0.244 e. The second kappa shape index (κ2) is 7.22. The quantitative estimate of drug-likeness (QED) is 0.664. The number of benzene rings is 2. The number of nitrogens with one attached hydrogen (secondary N) is 1. The molecule has 2 rings (SSSR count). The number of carbonyl (C=O) groups excluding carboxylic acids is 1. The van der Waals surface area contributed by atoms with Gasteiger partial charge in [-0.15, -0.1) is 11.8 Å². The summed E-state index contributed by atoms with van der Waals surface area (Å²) in [4.78, 5) is 12.6. The van der Waals surface area contributed by atoms with Gasteiger partial charge in [-0.2, -0.15) is 0 Å². The van der Waals surface area contributed by atoms with E-state index in [1.807, 2.05) is 24.5 Å². The molecular weight excluding hydrogens is 304 g/mol. The van der Waals surface area contributed by atoms with Crippen LogP contribution in [0, 0.1) is 11.6 Å². The van der Waals surface area contributed by atoms with Gasteiger partial charge in [0.1, 0.15) is 11.6 Å². The summed E-state index contributed by atoms with van der Waals surface area (Å²) in [5.41, 5.74) is 0.750. The number of halogens is 2. The maximum atomic E-state index is 14.1. The highest BCUT2D eigenvalue weighted by atomic mass is 32.2. The molecule has 1 amide bonds. The van der Waals surface area contributed by atoms with Crippen molar-refractivity contribution < 1.29 is 13.6 Å². The predicted octanol–water partition coefficient (Wildman–Crippen LogP) is 4.08. The van der Waals surface area contributed by atoms with Crippen molar-refractivity contribution in [3.05, 3.63) is 77.9 Å². The lowest BCUT2D eigenvalue weighted by molar-refractivity contribution is -0.117. The third kappa shape index (κ3) is 3.74. The fourth-order valence-electron chi connectivity index (χ4n) is 2.10. The summed E-state index contributed by atoms with van der Waals surface area (Å²) in [5, 5.41) is 2.65. The van der Waals surface area contributed by atoms with Crippen LogP contribution >= 0.6 is 11.8 Å². The van der Waals surface area contributed by atoms with Crippen LogP contribution in [0.5, 0.6) is 0 Å². The second-order valence-electron chi connectivity index (χ2n) is 4.59. The van der Waals surface area contributed by atoms with E-state index < -0.39 is 23.6 Å². The lowest BCUT2D eigenvalue weighted by atomic mass is 9.98. The van der Waals surface area contributed by atoms with Crippen LogP contribution < -0.4 is 5.32 Å². The van der Waals surface area contributed by atoms with Crippen molar-refractivity contribution in [1.82, 2.24) is 5.32 Å². The van der Waals surface area contributed by atoms with Crippen LogP contribution in [0.3, 0.4) is 0 Å². The monoisotopic (exact) mass is 319 g/mol. The van der Waals surface area contributed by atoms with Crippen LogP contribution in [0.1, 0.15) is 17.2 Å². The molecule has 5 heteroatoms. The number of rotatable bonds is 5. The van der Waals surface area contributed by atoms with E-state index in [1.165, 1.54) is 11.8 Å². The van der Waals surface area contributed by atoms with Crippen molar-refractivity contribution in [3.8, 4) is 0 Å². The summed E-state index contributed by atoms with van der Waals surface area (Å²) in [7, 11) is 0. The van der Waals surface area contributed by atoms with Gasteiger partial charge in [0.25, 0.3) is 0 Å². The number of thioether (sulfide) groups is 1. The normalized spacial score (nSPS) is 11.8. The molecule has 1 N–H and O–H groups in total. The van der Waals surface area contributed by atoms with E-state index in [2.05, 4.69) is 11.9 Å². The first-order valence-corrected chi connectivity index (χ1v) is 7.79. The van der Waals surface area contributed by atoms with E-state index in [9.17, 15) is 13.6 Å². The molecule has 0 aliphatic rings. The van der Waals surface area contributed by atoms with Gasteiger partial charge < -0.3 is 5.32 Å². The molecule has 0 spiro atoms. The van der Waals surface area contributed by atoms with Crippen molar-refractivity contribution in [2.75, 3.05) is 6.26 Å². The zero-order chi connectivity index (χ0) is 16.1. The Bertz CT molecular complexity index is 703. The van der Waals surface area contributed by atoms with Crippen molar-refractivity contribution in [2.24, 2.45) is 0 Å². The zero-order valence-corrected chi connectivity index (χ0v) is 12.8. The van der Waals surface area contributed by atoms with E-state index in [-0.39, 0.29) is 5.56 Å². The van der Waals surface area contributed by atoms with E-state index in [4.69, 9.17) is 0 Å². The molecular formula is C17H15F2NOS. The molecule has 22 heavy (non-hydrogen) atoms. The van der Waals surface area contributed by atoms with Crippen LogP contribution in [0.25, 0.3) is 0 Å². The summed E-state index contributed by atoms with van der Waals surface area (Å²) >= 11 is 1.53. The summed E-state index contributed by atoms with van der Waals surface area (Å²) in [5.74, 6) is -1.59. The molecule has 0 radical (unpaired) electrons. The minimum absolute atomic E-state index is 0.0773. The molecule has 1 unspecified atom stereocenters. The van der Waals surface area contributed by atoms with Crippen LogP contribution in [-0.2, 0) is 4.79 Å². The molecule has 1 atom stereocenters. The Kier molecular flexibility index (Phi) is 5.33. The fraction of sp³-hybridized carbons (Fsp3) is 0.118. The van der Waals surface area contributed by atoms with Crippen molar-refractivity contribution >= 4 is 17.7 Å². The highest BCUT2D eigenvalue weighted by Crippen LogP contribution is 2.28. The third-order valence-electron chi connectivity index (χ3n) is 3.17. The average molecular weight is 319 g/mol. The molecule has 0 saturated carbocycles. The van der Waals surface area contributed by atoms with Crippen LogP contribution in [0.4, 0.5) is 8.78 Å². The molecule has 2 aromatic carbocycles. The lowest BCUT2D eigenvalue weighted by Crippen LogP contribution is -2.28.